The molecule has 3 unspecified atom stereocenters. The van der Waals surface area contributed by atoms with E-state index in [9.17, 15) is 19.5 Å². The van der Waals surface area contributed by atoms with Gasteiger partial charge in [0, 0.05) is 31.4 Å². The van der Waals surface area contributed by atoms with E-state index in [1.807, 2.05) is 30.3 Å². The number of aliphatic hydroxyl groups excluding tert-OH is 1. The Bertz CT molecular complexity index is 1010. The molecule has 1 aromatic carbocycles. The number of nitrogens with zero attached hydrogens (tertiary/aromatic N) is 2. The molecular formula is C27H37N3O6S. The van der Waals surface area contributed by atoms with Crippen LogP contribution in [0.25, 0.3) is 0 Å². The van der Waals surface area contributed by atoms with Crippen molar-refractivity contribution in [2.24, 2.45) is 17.8 Å². The van der Waals surface area contributed by atoms with Gasteiger partial charge in [-0.1, -0.05) is 37.3 Å². The lowest BCUT2D eigenvalue weighted by Crippen LogP contribution is -2.57. The van der Waals surface area contributed by atoms with Crippen LogP contribution in [0.5, 0.6) is 0 Å². The molecule has 1 spiro atoms. The van der Waals surface area contributed by atoms with Crippen molar-refractivity contribution in [3.05, 3.63) is 35.9 Å². The molecule has 2 amide bonds. The normalized spacial score (nSPS) is 33.9. The maximum atomic E-state index is 14.2. The Hall–Kier alpha value is -2.14. The average molecular weight is 532 g/mol. The summed E-state index contributed by atoms with van der Waals surface area (Å²) in [6.07, 6.45) is 0.748. The number of carbonyl (C=O) groups is 3. The highest BCUT2D eigenvalue weighted by Crippen LogP contribution is 2.69. The molecule has 37 heavy (non-hydrogen) atoms. The average Bonchev–Trinajstić information content (AvgIpc) is 3.50. The lowest BCUT2D eigenvalue weighted by Gasteiger charge is -2.40. The van der Waals surface area contributed by atoms with Gasteiger partial charge in [0.2, 0.25) is 11.8 Å². The summed E-state index contributed by atoms with van der Waals surface area (Å²) in [6.45, 7) is 7.95. The standard InChI is InChI=1S/C27H37N3O6S/c1-3-36-26(34)21-20-15-17(2)27(37-20)22(21)25(33)30(19(16-31)18-7-5-4-6-8-18)23(27)24(32)28-9-10-29-11-13-35-14-12-29/h4-8,17,19-23,31H,3,9-16H2,1-2H3,(H,28,32)/t17?,19-,20-,21+,22+,23?,27?/m1/s1. The van der Waals surface area contributed by atoms with E-state index in [2.05, 4.69) is 17.1 Å². The predicted octanol–water partition coefficient (Wildman–Crippen LogP) is 1.07. The summed E-state index contributed by atoms with van der Waals surface area (Å²) < 4.78 is 10.1. The fourth-order valence-electron chi connectivity index (χ4n) is 6.89. The molecule has 4 aliphatic heterocycles. The number of amides is 2. The predicted molar refractivity (Wildman–Crippen MR) is 139 cm³/mol. The Balaban J connectivity index is 1.48. The van der Waals surface area contributed by atoms with Crippen LogP contribution in [-0.4, -0.2) is 101 Å². The van der Waals surface area contributed by atoms with Crippen LogP contribution in [0, 0.1) is 17.8 Å². The second-order valence-electron chi connectivity index (χ2n) is 10.4. The number of fused-ring (bicyclic) bond motifs is 1. The molecule has 202 valence electrons. The van der Waals surface area contributed by atoms with E-state index in [1.54, 1.807) is 23.6 Å². The molecule has 10 heteroatoms. The van der Waals surface area contributed by atoms with E-state index in [0.717, 1.165) is 25.1 Å². The number of nitrogens with one attached hydrogen (secondary N) is 1. The Morgan fingerprint density at radius 3 is 2.68 bits per heavy atom. The van der Waals surface area contributed by atoms with E-state index >= 15 is 0 Å². The maximum absolute atomic E-state index is 14.2. The first-order valence-electron chi connectivity index (χ1n) is 13.3. The quantitative estimate of drug-likeness (QED) is 0.456. The van der Waals surface area contributed by atoms with E-state index in [4.69, 9.17) is 9.47 Å². The number of morpholine rings is 1. The lowest BCUT2D eigenvalue weighted by atomic mass is 9.66. The van der Waals surface area contributed by atoms with E-state index in [0.29, 0.717) is 26.3 Å². The topological polar surface area (TPSA) is 108 Å². The number of ether oxygens (including phenoxy) is 2. The van der Waals surface area contributed by atoms with Gasteiger partial charge in [-0.05, 0) is 24.8 Å². The number of rotatable bonds is 9. The van der Waals surface area contributed by atoms with Crippen molar-refractivity contribution in [1.82, 2.24) is 15.1 Å². The SMILES string of the molecule is CCOC(=O)[C@@H]1[C@H]2C(=O)N([C@H](CO)c3ccccc3)C(C(=O)NCCN3CCOCC3)C23S[C@@H]1CC3C. The van der Waals surface area contributed by atoms with Crippen LogP contribution in [0.2, 0.25) is 0 Å². The van der Waals surface area contributed by atoms with Crippen LogP contribution in [-0.2, 0) is 23.9 Å². The van der Waals surface area contributed by atoms with Crippen molar-refractivity contribution in [3.63, 3.8) is 0 Å². The van der Waals surface area contributed by atoms with Gasteiger partial charge in [-0.25, -0.2) is 0 Å². The number of thioether (sulfide) groups is 1. The van der Waals surface area contributed by atoms with E-state index < -0.39 is 28.7 Å². The van der Waals surface area contributed by atoms with Crippen molar-refractivity contribution in [3.8, 4) is 0 Å². The first kappa shape index (κ1) is 26.5. The van der Waals surface area contributed by atoms with Crippen molar-refractivity contribution in [2.75, 3.05) is 52.6 Å². The molecule has 2 N–H and O–H groups in total. The summed E-state index contributed by atoms with van der Waals surface area (Å²) in [5, 5.41) is 13.6. The highest BCUT2D eigenvalue weighted by molar-refractivity contribution is 8.02. The van der Waals surface area contributed by atoms with E-state index in [1.165, 1.54) is 0 Å². The summed E-state index contributed by atoms with van der Waals surface area (Å²) in [5.74, 6) is -2.01. The van der Waals surface area contributed by atoms with Crippen LogP contribution < -0.4 is 5.32 Å². The molecule has 2 bridgehead atoms. The molecule has 1 aromatic rings. The van der Waals surface area contributed by atoms with Gasteiger partial charge in [-0.15, -0.1) is 11.8 Å². The van der Waals surface area contributed by atoms with Crippen molar-refractivity contribution < 1.29 is 29.0 Å². The number of benzene rings is 1. The molecular weight excluding hydrogens is 494 g/mol. The summed E-state index contributed by atoms with van der Waals surface area (Å²) >= 11 is 1.62. The second kappa shape index (κ2) is 10.9. The molecule has 4 fully saturated rings. The fourth-order valence-corrected chi connectivity index (χ4v) is 9.29. The minimum absolute atomic E-state index is 0.0530. The lowest BCUT2D eigenvalue weighted by molar-refractivity contribution is -0.154. The summed E-state index contributed by atoms with van der Waals surface area (Å²) in [7, 11) is 0. The zero-order valence-corrected chi connectivity index (χ0v) is 22.3. The van der Waals surface area contributed by atoms with Crippen molar-refractivity contribution in [2.45, 2.75) is 42.3 Å². The fraction of sp³-hybridized carbons (Fsp3) is 0.667. The Morgan fingerprint density at radius 1 is 1.27 bits per heavy atom. The molecule has 0 aliphatic carbocycles. The second-order valence-corrected chi connectivity index (χ2v) is 12.0. The Kier molecular flexibility index (Phi) is 7.81. The van der Waals surface area contributed by atoms with Crippen LogP contribution >= 0.6 is 11.8 Å². The zero-order chi connectivity index (χ0) is 26.2. The largest absolute Gasteiger partial charge is 0.466 e. The van der Waals surface area contributed by atoms with Crippen molar-refractivity contribution >= 4 is 29.5 Å². The van der Waals surface area contributed by atoms with Gasteiger partial charge in [0.05, 0.1) is 49.1 Å². The number of aliphatic hydroxyl groups is 1. The van der Waals surface area contributed by atoms with Crippen LogP contribution in [0.1, 0.15) is 31.9 Å². The number of esters is 1. The Labute approximate surface area is 222 Å². The highest BCUT2D eigenvalue weighted by Gasteiger charge is 2.76. The molecule has 0 aromatic heterocycles. The highest BCUT2D eigenvalue weighted by atomic mass is 32.2. The van der Waals surface area contributed by atoms with Gasteiger partial charge in [-0.2, -0.15) is 0 Å². The third-order valence-electron chi connectivity index (χ3n) is 8.51. The smallest absolute Gasteiger partial charge is 0.310 e. The van der Waals surface area contributed by atoms with Gasteiger partial charge < -0.3 is 24.8 Å². The summed E-state index contributed by atoms with van der Waals surface area (Å²) in [5.41, 5.74) is 0.765. The minimum atomic E-state index is -0.795. The number of likely N-dealkylation sites (tertiary alicyclic amines) is 1. The Morgan fingerprint density at radius 2 is 2.00 bits per heavy atom. The molecule has 9 nitrogen and oxygen atoms in total. The van der Waals surface area contributed by atoms with Gasteiger partial charge >= 0.3 is 5.97 Å². The van der Waals surface area contributed by atoms with E-state index in [-0.39, 0.29) is 42.2 Å². The van der Waals surface area contributed by atoms with Gasteiger partial charge in [0.1, 0.15) is 6.04 Å². The number of hydrogen-bond acceptors (Lipinski definition) is 8. The third kappa shape index (κ3) is 4.45. The molecule has 4 saturated heterocycles. The summed E-state index contributed by atoms with van der Waals surface area (Å²) in [4.78, 5) is 45.2. The summed E-state index contributed by atoms with van der Waals surface area (Å²) in [6, 6.07) is 7.85. The first-order chi connectivity index (χ1) is 17.9. The zero-order valence-electron chi connectivity index (χ0n) is 21.5. The molecule has 0 saturated carbocycles. The maximum Gasteiger partial charge on any atom is 0.310 e. The van der Waals surface area contributed by atoms with Gasteiger partial charge in [0.25, 0.3) is 0 Å². The molecule has 0 radical (unpaired) electrons. The van der Waals surface area contributed by atoms with Gasteiger partial charge in [-0.3, -0.25) is 19.3 Å². The van der Waals surface area contributed by atoms with Crippen LogP contribution in [0.15, 0.2) is 30.3 Å². The number of carbonyl (C=O) groups excluding carboxylic acids is 3. The first-order valence-corrected chi connectivity index (χ1v) is 14.2. The third-order valence-corrected chi connectivity index (χ3v) is 10.6. The molecule has 5 rings (SSSR count). The molecule has 7 atom stereocenters. The van der Waals surface area contributed by atoms with Crippen LogP contribution in [0.3, 0.4) is 0 Å². The van der Waals surface area contributed by atoms with Crippen molar-refractivity contribution in [1.29, 1.82) is 0 Å². The molecule has 4 aliphatic rings. The monoisotopic (exact) mass is 531 g/mol. The van der Waals surface area contributed by atoms with Gasteiger partial charge in [0.15, 0.2) is 0 Å². The van der Waals surface area contributed by atoms with Crippen LogP contribution in [0.4, 0.5) is 0 Å². The molecule has 4 heterocycles. The minimum Gasteiger partial charge on any atom is -0.466 e. The number of hydrogen-bond donors (Lipinski definition) is 2.